The highest BCUT2D eigenvalue weighted by molar-refractivity contribution is 5.21. The van der Waals surface area contributed by atoms with Gasteiger partial charge >= 0.3 is 0 Å². The molecular formula is C16H23N. The molecule has 1 fully saturated rings. The highest BCUT2D eigenvalue weighted by atomic mass is 15.0. The number of hydrogen-bond donors (Lipinski definition) is 1. The normalized spacial score (nSPS) is 18.6. The van der Waals surface area contributed by atoms with Gasteiger partial charge in [0.25, 0.3) is 0 Å². The van der Waals surface area contributed by atoms with Crippen LogP contribution in [0.4, 0.5) is 0 Å². The van der Waals surface area contributed by atoms with E-state index in [1.54, 1.807) is 0 Å². The molecule has 0 radical (unpaired) electrons. The summed E-state index contributed by atoms with van der Waals surface area (Å²) in [6.45, 7) is 6.07. The highest BCUT2D eigenvalue weighted by Gasteiger charge is 2.32. The zero-order valence-electron chi connectivity index (χ0n) is 10.7. The molecule has 0 aliphatic heterocycles. The van der Waals surface area contributed by atoms with E-state index in [0.29, 0.717) is 12.1 Å². The third kappa shape index (κ3) is 3.71. The van der Waals surface area contributed by atoms with E-state index in [1.807, 2.05) is 6.08 Å². The maximum absolute atomic E-state index is 3.79. The quantitative estimate of drug-likeness (QED) is 0.695. The largest absolute Gasteiger partial charge is 0.307 e. The van der Waals surface area contributed by atoms with Gasteiger partial charge in [-0.3, -0.25) is 0 Å². The van der Waals surface area contributed by atoms with E-state index in [1.165, 1.54) is 24.8 Å². The summed E-state index contributed by atoms with van der Waals surface area (Å²) in [6.07, 6.45) is 7.04. The van der Waals surface area contributed by atoms with Crippen LogP contribution in [0.1, 0.15) is 44.2 Å². The molecule has 1 aromatic carbocycles. The summed E-state index contributed by atoms with van der Waals surface area (Å²) in [5.74, 6) is 0.851. The second-order valence-electron chi connectivity index (χ2n) is 5.16. The van der Waals surface area contributed by atoms with E-state index in [2.05, 4.69) is 49.2 Å². The predicted octanol–water partition coefficient (Wildman–Crippen LogP) is 4.08. The average molecular weight is 229 g/mol. The molecule has 0 spiro atoms. The van der Waals surface area contributed by atoms with Crippen molar-refractivity contribution in [3.63, 3.8) is 0 Å². The smallest absolute Gasteiger partial charge is 0.0350 e. The van der Waals surface area contributed by atoms with Gasteiger partial charge in [0.15, 0.2) is 0 Å². The van der Waals surface area contributed by atoms with Gasteiger partial charge in [-0.25, -0.2) is 0 Å². The molecule has 0 heterocycles. The lowest BCUT2D eigenvalue weighted by molar-refractivity contribution is 0.405. The summed E-state index contributed by atoms with van der Waals surface area (Å²) in [5, 5.41) is 3.78. The molecule has 0 saturated heterocycles. The first-order chi connectivity index (χ1) is 8.31. The maximum Gasteiger partial charge on any atom is 0.0350 e. The summed E-state index contributed by atoms with van der Waals surface area (Å²) in [5.41, 5.74) is 1.44. The number of nitrogens with one attached hydrogen (secondary N) is 1. The second-order valence-corrected chi connectivity index (χ2v) is 5.16. The van der Waals surface area contributed by atoms with E-state index in [-0.39, 0.29) is 0 Å². The van der Waals surface area contributed by atoms with E-state index in [0.717, 1.165) is 12.3 Å². The second kappa shape index (κ2) is 6.02. The minimum atomic E-state index is 0.552. The lowest BCUT2D eigenvalue weighted by Gasteiger charge is -2.23. The van der Waals surface area contributed by atoms with Gasteiger partial charge in [0, 0.05) is 12.1 Å². The molecule has 2 rings (SSSR count). The summed E-state index contributed by atoms with van der Waals surface area (Å²) in [7, 11) is 0. The first kappa shape index (κ1) is 12.4. The molecule has 17 heavy (non-hydrogen) atoms. The van der Waals surface area contributed by atoms with Crippen LogP contribution in [-0.4, -0.2) is 6.04 Å². The number of hydrogen-bond acceptors (Lipinski definition) is 1. The van der Waals surface area contributed by atoms with Crippen LogP contribution in [0.25, 0.3) is 0 Å². The molecule has 1 nitrogen and oxygen atoms in total. The van der Waals surface area contributed by atoms with Gasteiger partial charge in [0.2, 0.25) is 0 Å². The molecule has 1 aromatic rings. The van der Waals surface area contributed by atoms with Crippen molar-refractivity contribution in [1.82, 2.24) is 5.32 Å². The molecule has 2 atom stereocenters. The minimum absolute atomic E-state index is 0.552. The SMILES string of the molecule is C=CCCC(C)NC(c1ccccc1)C1CC1. The van der Waals surface area contributed by atoms with Gasteiger partial charge in [-0.05, 0) is 44.1 Å². The van der Waals surface area contributed by atoms with Crippen molar-refractivity contribution in [2.45, 2.75) is 44.7 Å². The van der Waals surface area contributed by atoms with E-state index in [9.17, 15) is 0 Å². The fourth-order valence-electron chi connectivity index (χ4n) is 2.35. The Kier molecular flexibility index (Phi) is 4.38. The van der Waals surface area contributed by atoms with Crippen LogP contribution in [-0.2, 0) is 0 Å². The first-order valence-electron chi connectivity index (χ1n) is 6.73. The van der Waals surface area contributed by atoms with Crippen LogP contribution in [0.3, 0.4) is 0 Å². The molecule has 1 aliphatic rings. The Morgan fingerprint density at radius 3 is 2.65 bits per heavy atom. The van der Waals surface area contributed by atoms with Crippen LogP contribution in [0, 0.1) is 5.92 Å². The molecule has 2 unspecified atom stereocenters. The standard InChI is InChI=1S/C16H23N/c1-3-4-8-13(2)17-16(15-11-12-15)14-9-6-5-7-10-14/h3,5-7,9-10,13,15-17H,1,4,8,11-12H2,2H3. The Morgan fingerprint density at radius 1 is 1.35 bits per heavy atom. The third-order valence-electron chi connectivity index (χ3n) is 3.52. The molecular weight excluding hydrogens is 206 g/mol. The van der Waals surface area contributed by atoms with Gasteiger partial charge in [-0.1, -0.05) is 36.4 Å². The Balaban J connectivity index is 1.96. The van der Waals surface area contributed by atoms with E-state index in [4.69, 9.17) is 0 Å². The lowest BCUT2D eigenvalue weighted by atomic mass is 10.0. The molecule has 1 aliphatic carbocycles. The van der Waals surface area contributed by atoms with Crippen LogP contribution in [0.15, 0.2) is 43.0 Å². The van der Waals surface area contributed by atoms with Crippen molar-refractivity contribution in [3.8, 4) is 0 Å². The molecule has 92 valence electrons. The van der Waals surface area contributed by atoms with Crippen LogP contribution >= 0.6 is 0 Å². The van der Waals surface area contributed by atoms with Crippen molar-refractivity contribution in [2.75, 3.05) is 0 Å². The molecule has 1 saturated carbocycles. The van der Waals surface area contributed by atoms with Crippen molar-refractivity contribution in [1.29, 1.82) is 0 Å². The Hall–Kier alpha value is -1.08. The molecule has 0 amide bonds. The lowest BCUT2D eigenvalue weighted by Crippen LogP contribution is -2.31. The minimum Gasteiger partial charge on any atom is -0.307 e. The van der Waals surface area contributed by atoms with E-state index < -0.39 is 0 Å². The predicted molar refractivity (Wildman–Crippen MR) is 73.9 cm³/mol. The Morgan fingerprint density at radius 2 is 2.06 bits per heavy atom. The highest BCUT2D eigenvalue weighted by Crippen LogP contribution is 2.41. The van der Waals surface area contributed by atoms with Gasteiger partial charge < -0.3 is 5.32 Å². The summed E-state index contributed by atoms with van der Waals surface area (Å²) in [6, 6.07) is 12.0. The van der Waals surface area contributed by atoms with Crippen LogP contribution in [0.5, 0.6) is 0 Å². The van der Waals surface area contributed by atoms with Gasteiger partial charge in [0.1, 0.15) is 0 Å². The number of rotatable bonds is 7. The fraction of sp³-hybridized carbons (Fsp3) is 0.500. The number of benzene rings is 1. The van der Waals surface area contributed by atoms with Gasteiger partial charge in [-0.2, -0.15) is 0 Å². The van der Waals surface area contributed by atoms with Crippen molar-refractivity contribution in [3.05, 3.63) is 48.6 Å². The van der Waals surface area contributed by atoms with Gasteiger partial charge in [-0.15, -0.1) is 6.58 Å². The topological polar surface area (TPSA) is 12.0 Å². The van der Waals surface area contributed by atoms with Crippen molar-refractivity contribution < 1.29 is 0 Å². The van der Waals surface area contributed by atoms with Crippen molar-refractivity contribution >= 4 is 0 Å². The monoisotopic (exact) mass is 229 g/mol. The Bertz CT molecular complexity index is 340. The molecule has 0 aromatic heterocycles. The first-order valence-corrected chi connectivity index (χ1v) is 6.73. The van der Waals surface area contributed by atoms with E-state index >= 15 is 0 Å². The zero-order chi connectivity index (χ0) is 12.1. The average Bonchev–Trinajstić information content (AvgIpc) is 3.19. The maximum atomic E-state index is 3.79. The molecule has 0 bridgehead atoms. The molecule has 1 heteroatoms. The molecule has 1 N–H and O–H groups in total. The summed E-state index contributed by atoms with van der Waals surface area (Å²) >= 11 is 0. The Labute approximate surface area is 105 Å². The number of allylic oxidation sites excluding steroid dienone is 1. The van der Waals surface area contributed by atoms with Crippen LogP contribution < -0.4 is 5.32 Å². The van der Waals surface area contributed by atoms with Crippen LogP contribution in [0.2, 0.25) is 0 Å². The third-order valence-corrected chi connectivity index (χ3v) is 3.52. The summed E-state index contributed by atoms with van der Waals surface area (Å²) in [4.78, 5) is 0. The zero-order valence-corrected chi connectivity index (χ0v) is 10.7. The van der Waals surface area contributed by atoms with Gasteiger partial charge in [0.05, 0.1) is 0 Å². The van der Waals surface area contributed by atoms with Crippen molar-refractivity contribution in [2.24, 2.45) is 5.92 Å². The summed E-state index contributed by atoms with van der Waals surface area (Å²) < 4.78 is 0. The fourth-order valence-corrected chi connectivity index (χ4v) is 2.35.